The van der Waals surface area contributed by atoms with Gasteiger partial charge in [-0.2, -0.15) is 0 Å². The van der Waals surface area contributed by atoms with Crippen LogP contribution in [0.25, 0.3) is 11.0 Å². The largest absolute Gasteiger partial charge is 0.483 e. The molecule has 0 saturated heterocycles. The zero-order chi connectivity index (χ0) is 16.6. The van der Waals surface area contributed by atoms with Crippen LogP contribution in [0.2, 0.25) is 0 Å². The SMILES string of the molecule is Cc1cc(C)cc(OC(C)c2nc3ccc([N+](=O)[O-])cc3[nH]2)c1. The molecule has 0 saturated carbocycles. The van der Waals surface area contributed by atoms with Crippen LogP contribution in [-0.4, -0.2) is 14.9 Å². The number of aromatic nitrogens is 2. The highest BCUT2D eigenvalue weighted by molar-refractivity contribution is 5.77. The van der Waals surface area contributed by atoms with E-state index in [0.717, 1.165) is 16.9 Å². The van der Waals surface area contributed by atoms with Gasteiger partial charge in [-0.05, 0) is 50.1 Å². The summed E-state index contributed by atoms with van der Waals surface area (Å²) in [6.45, 7) is 5.93. The Kier molecular flexibility index (Phi) is 3.73. The van der Waals surface area contributed by atoms with Gasteiger partial charge < -0.3 is 9.72 Å². The van der Waals surface area contributed by atoms with Crippen molar-refractivity contribution < 1.29 is 9.66 Å². The molecule has 3 rings (SSSR count). The number of non-ortho nitro benzene ring substituents is 1. The number of hydrogen-bond acceptors (Lipinski definition) is 4. The molecular weight excluding hydrogens is 294 g/mol. The summed E-state index contributed by atoms with van der Waals surface area (Å²) in [6.07, 6.45) is -0.289. The third-order valence-corrected chi connectivity index (χ3v) is 3.59. The first kappa shape index (κ1) is 15.0. The molecule has 118 valence electrons. The molecule has 0 aliphatic heterocycles. The van der Waals surface area contributed by atoms with E-state index >= 15 is 0 Å². The molecule has 3 aromatic rings. The minimum absolute atomic E-state index is 0.0376. The van der Waals surface area contributed by atoms with Crippen LogP contribution < -0.4 is 4.74 Å². The van der Waals surface area contributed by atoms with Crippen LogP contribution in [0.3, 0.4) is 0 Å². The quantitative estimate of drug-likeness (QED) is 0.577. The number of hydrogen-bond donors (Lipinski definition) is 1. The van der Waals surface area contributed by atoms with E-state index in [9.17, 15) is 10.1 Å². The zero-order valence-corrected chi connectivity index (χ0v) is 13.2. The summed E-state index contributed by atoms with van der Waals surface area (Å²) in [6, 6.07) is 10.6. The number of rotatable bonds is 4. The molecule has 0 aliphatic rings. The lowest BCUT2D eigenvalue weighted by Crippen LogP contribution is -2.05. The molecule has 23 heavy (non-hydrogen) atoms. The number of fused-ring (bicyclic) bond motifs is 1. The third kappa shape index (κ3) is 3.15. The first-order valence-corrected chi connectivity index (χ1v) is 7.31. The highest BCUT2D eigenvalue weighted by Crippen LogP contribution is 2.25. The fourth-order valence-electron chi connectivity index (χ4n) is 2.58. The predicted octanol–water partition coefficient (Wildman–Crippen LogP) is 4.23. The first-order chi connectivity index (χ1) is 10.9. The van der Waals surface area contributed by atoms with Gasteiger partial charge in [0.2, 0.25) is 0 Å². The lowest BCUT2D eigenvalue weighted by Gasteiger charge is -2.13. The number of benzene rings is 2. The summed E-state index contributed by atoms with van der Waals surface area (Å²) in [4.78, 5) is 18.0. The molecule has 1 unspecified atom stereocenters. The van der Waals surface area contributed by atoms with Gasteiger partial charge in [0.15, 0.2) is 6.10 Å². The van der Waals surface area contributed by atoms with E-state index in [2.05, 4.69) is 16.0 Å². The number of aromatic amines is 1. The molecule has 0 fully saturated rings. The molecule has 0 amide bonds. The van der Waals surface area contributed by atoms with Crippen molar-refractivity contribution in [3.05, 3.63) is 63.5 Å². The maximum atomic E-state index is 10.8. The van der Waals surface area contributed by atoms with Crippen molar-refractivity contribution >= 4 is 16.7 Å². The molecule has 6 nitrogen and oxygen atoms in total. The number of imidazole rings is 1. The summed E-state index contributed by atoms with van der Waals surface area (Å²) >= 11 is 0. The Labute approximate surface area is 133 Å². The van der Waals surface area contributed by atoms with Crippen molar-refractivity contribution in [2.75, 3.05) is 0 Å². The van der Waals surface area contributed by atoms with E-state index in [1.54, 1.807) is 6.07 Å². The highest BCUT2D eigenvalue weighted by Gasteiger charge is 2.15. The average molecular weight is 311 g/mol. The Hall–Kier alpha value is -2.89. The van der Waals surface area contributed by atoms with Gasteiger partial charge in [0.05, 0.1) is 16.0 Å². The Balaban J connectivity index is 1.88. The molecule has 2 aromatic carbocycles. The molecule has 0 spiro atoms. The number of H-pyrrole nitrogens is 1. The van der Waals surface area contributed by atoms with Crippen molar-refractivity contribution in [1.82, 2.24) is 9.97 Å². The highest BCUT2D eigenvalue weighted by atomic mass is 16.6. The van der Waals surface area contributed by atoms with Crippen LogP contribution in [0.1, 0.15) is 30.0 Å². The van der Waals surface area contributed by atoms with E-state index < -0.39 is 4.92 Å². The van der Waals surface area contributed by atoms with Crippen LogP contribution >= 0.6 is 0 Å². The molecule has 1 N–H and O–H groups in total. The van der Waals surface area contributed by atoms with Crippen molar-refractivity contribution in [2.45, 2.75) is 26.9 Å². The van der Waals surface area contributed by atoms with Crippen molar-refractivity contribution in [1.29, 1.82) is 0 Å². The fourth-order valence-corrected chi connectivity index (χ4v) is 2.58. The Morgan fingerprint density at radius 1 is 1.17 bits per heavy atom. The Morgan fingerprint density at radius 3 is 2.52 bits per heavy atom. The van der Waals surface area contributed by atoms with Crippen molar-refractivity contribution in [2.24, 2.45) is 0 Å². The number of aryl methyl sites for hydroxylation is 2. The molecule has 0 bridgehead atoms. The second-order valence-corrected chi connectivity index (χ2v) is 5.66. The summed E-state index contributed by atoms with van der Waals surface area (Å²) in [5.41, 5.74) is 3.61. The number of ether oxygens (including phenoxy) is 1. The van der Waals surface area contributed by atoms with Gasteiger partial charge in [-0.25, -0.2) is 4.98 Å². The summed E-state index contributed by atoms with van der Waals surface area (Å²) in [5, 5.41) is 10.8. The van der Waals surface area contributed by atoms with Crippen LogP contribution in [0.4, 0.5) is 5.69 Å². The third-order valence-electron chi connectivity index (χ3n) is 3.59. The summed E-state index contributed by atoms with van der Waals surface area (Å²) < 4.78 is 5.94. The summed E-state index contributed by atoms with van der Waals surface area (Å²) in [5.74, 6) is 1.42. The van der Waals surface area contributed by atoms with E-state index in [1.807, 2.05) is 32.9 Å². The van der Waals surface area contributed by atoms with E-state index in [0.29, 0.717) is 16.9 Å². The second kappa shape index (κ2) is 5.72. The normalized spacial score (nSPS) is 12.3. The molecule has 6 heteroatoms. The van der Waals surface area contributed by atoms with Crippen LogP contribution in [-0.2, 0) is 0 Å². The maximum Gasteiger partial charge on any atom is 0.271 e. The summed E-state index contributed by atoms with van der Waals surface area (Å²) in [7, 11) is 0. The molecule has 1 atom stereocenters. The molecule has 1 aromatic heterocycles. The van der Waals surface area contributed by atoms with Crippen LogP contribution in [0.15, 0.2) is 36.4 Å². The topological polar surface area (TPSA) is 81.1 Å². The fraction of sp³-hybridized carbons (Fsp3) is 0.235. The van der Waals surface area contributed by atoms with E-state index in [1.165, 1.54) is 12.1 Å². The lowest BCUT2D eigenvalue weighted by molar-refractivity contribution is -0.384. The predicted molar refractivity (Wildman–Crippen MR) is 87.7 cm³/mol. The minimum atomic E-state index is -0.421. The van der Waals surface area contributed by atoms with Gasteiger partial charge in [0.1, 0.15) is 11.6 Å². The maximum absolute atomic E-state index is 10.8. The number of nitrogens with one attached hydrogen (secondary N) is 1. The second-order valence-electron chi connectivity index (χ2n) is 5.66. The monoisotopic (exact) mass is 311 g/mol. The average Bonchev–Trinajstić information content (AvgIpc) is 2.89. The van der Waals surface area contributed by atoms with Crippen LogP contribution in [0, 0.1) is 24.0 Å². The van der Waals surface area contributed by atoms with Crippen molar-refractivity contribution in [3.63, 3.8) is 0 Å². The minimum Gasteiger partial charge on any atom is -0.483 e. The molecular formula is C17H17N3O3. The number of nitrogens with zero attached hydrogens (tertiary/aromatic N) is 2. The van der Waals surface area contributed by atoms with Gasteiger partial charge in [-0.1, -0.05) is 6.07 Å². The Bertz CT molecular complexity index is 866. The van der Waals surface area contributed by atoms with Gasteiger partial charge in [-0.3, -0.25) is 10.1 Å². The van der Waals surface area contributed by atoms with Gasteiger partial charge in [0.25, 0.3) is 5.69 Å². The smallest absolute Gasteiger partial charge is 0.271 e. The standard InChI is InChI=1S/C17H17N3O3/c1-10-6-11(2)8-14(7-10)23-12(3)17-18-15-5-4-13(20(21)22)9-16(15)19-17/h4-9,12H,1-3H3,(H,18,19). The van der Waals surface area contributed by atoms with Gasteiger partial charge in [-0.15, -0.1) is 0 Å². The molecule has 0 aliphatic carbocycles. The number of nitro groups is 1. The zero-order valence-electron chi connectivity index (χ0n) is 13.2. The van der Waals surface area contributed by atoms with Crippen LogP contribution in [0.5, 0.6) is 5.75 Å². The van der Waals surface area contributed by atoms with E-state index in [-0.39, 0.29) is 11.8 Å². The Morgan fingerprint density at radius 2 is 1.87 bits per heavy atom. The van der Waals surface area contributed by atoms with Crippen molar-refractivity contribution in [3.8, 4) is 5.75 Å². The van der Waals surface area contributed by atoms with Gasteiger partial charge in [0, 0.05) is 12.1 Å². The van der Waals surface area contributed by atoms with Gasteiger partial charge >= 0.3 is 0 Å². The molecule has 1 heterocycles. The lowest BCUT2D eigenvalue weighted by atomic mass is 10.1. The molecule has 0 radical (unpaired) electrons. The first-order valence-electron chi connectivity index (χ1n) is 7.31. The van der Waals surface area contributed by atoms with E-state index in [4.69, 9.17) is 4.74 Å². The number of nitro benzene ring substituents is 1.